The third-order valence-electron chi connectivity index (χ3n) is 6.43. The molecule has 4 aromatic rings. The number of ether oxygens (including phenoxy) is 3. The molecule has 242 valence electrons. The van der Waals surface area contributed by atoms with Gasteiger partial charge in [-0.2, -0.15) is 0 Å². The van der Waals surface area contributed by atoms with Gasteiger partial charge in [0.25, 0.3) is 0 Å². The van der Waals surface area contributed by atoms with Crippen LogP contribution in [0.25, 0.3) is 20.2 Å². The number of carboxylic acid groups (broad SMARTS) is 1. The molecule has 1 aromatic heterocycles. The number of benzene rings is 3. The van der Waals surface area contributed by atoms with Gasteiger partial charge in [-0.05, 0) is 73.0 Å². The number of carbonyl (C=O) groups is 1. The quantitative estimate of drug-likeness (QED) is 0.0303. The van der Waals surface area contributed by atoms with E-state index in [4.69, 9.17) is 30.3 Å². The summed E-state index contributed by atoms with van der Waals surface area (Å²) in [5, 5.41) is 13.6. The van der Waals surface area contributed by atoms with Crippen LogP contribution in [0.5, 0.6) is 11.5 Å². The highest BCUT2D eigenvalue weighted by Crippen LogP contribution is 2.50. The van der Waals surface area contributed by atoms with Crippen LogP contribution in [-0.4, -0.2) is 58.1 Å². The molecule has 4 rings (SSSR count). The van der Waals surface area contributed by atoms with E-state index in [2.05, 4.69) is 24.4 Å². The molecule has 16 heteroatoms. The molecule has 0 spiro atoms. The van der Waals surface area contributed by atoms with Crippen molar-refractivity contribution in [1.82, 2.24) is 5.32 Å². The number of rotatable bonds is 17. The monoisotopic (exact) mass is 683 g/mol. The van der Waals surface area contributed by atoms with Gasteiger partial charge in [-0.1, -0.05) is 17.7 Å². The second kappa shape index (κ2) is 15.9. The molecule has 0 bridgehead atoms. The van der Waals surface area contributed by atoms with Crippen molar-refractivity contribution in [2.24, 2.45) is 0 Å². The minimum atomic E-state index is -4.41. The Labute approximate surface area is 266 Å². The van der Waals surface area contributed by atoms with Crippen molar-refractivity contribution in [1.29, 1.82) is 0 Å². The van der Waals surface area contributed by atoms with Crippen LogP contribution in [0.4, 0.5) is 4.79 Å². The number of aryl methyl sites for hydroxylation is 1. The van der Waals surface area contributed by atoms with Crippen molar-refractivity contribution in [3.63, 3.8) is 0 Å². The SMILES string of the molecule is COCOCC(CCc1ccc2sc3ccc(Oc4ccc(Cl)cc4)cc3c(=O)c2c1)(COP(=O)(OOC)OOC)NC(=O)O. The standard InChI is InChI=1S/C29H31ClNO12PS/c1-36-18-39-16-29(31-28(33)34,17-40-44(35,42-37-2)43-38-3)13-12-19-4-10-25-23(14-19)27(32)24-15-22(9-11-26(24)45-25)41-21-7-5-20(30)6-8-21/h4-11,14-15,31H,12-13,16-18H2,1-3H3,(H,33,34). The van der Waals surface area contributed by atoms with E-state index in [1.165, 1.54) is 18.4 Å². The Morgan fingerprint density at radius 1 is 0.933 bits per heavy atom. The summed E-state index contributed by atoms with van der Waals surface area (Å²) >= 11 is 7.42. The van der Waals surface area contributed by atoms with E-state index in [1.807, 2.05) is 18.2 Å². The van der Waals surface area contributed by atoms with Gasteiger partial charge in [-0.3, -0.25) is 9.32 Å². The van der Waals surface area contributed by atoms with E-state index < -0.39 is 26.1 Å². The molecule has 3 aromatic carbocycles. The van der Waals surface area contributed by atoms with Crippen LogP contribution in [0, 0.1) is 0 Å². The normalized spacial score (nSPS) is 13.2. The summed E-state index contributed by atoms with van der Waals surface area (Å²) in [6.45, 7) is -0.926. The number of halogens is 1. The Morgan fingerprint density at radius 3 is 2.22 bits per heavy atom. The van der Waals surface area contributed by atoms with Gasteiger partial charge < -0.3 is 24.6 Å². The largest absolute Gasteiger partial charge is 0.529 e. The average Bonchev–Trinajstić information content (AvgIpc) is 3.01. The van der Waals surface area contributed by atoms with Crippen molar-refractivity contribution < 1.29 is 52.3 Å². The molecule has 2 N–H and O–H groups in total. The summed E-state index contributed by atoms with van der Waals surface area (Å²) in [6, 6.07) is 17.7. The number of nitrogens with one attached hydrogen (secondary N) is 1. The topological polar surface area (TPSA) is 157 Å². The third-order valence-corrected chi connectivity index (χ3v) is 8.94. The summed E-state index contributed by atoms with van der Waals surface area (Å²) in [5.74, 6) is 1.08. The Hall–Kier alpha value is -3.14. The lowest BCUT2D eigenvalue weighted by molar-refractivity contribution is -0.260. The predicted octanol–water partition coefficient (Wildman–Crippen LogP) is 6.70. The smallest absolute Gasteiger partial charge is 0.465 e. The molecule has 0 saturated heterocycles. The number of phosphoric acid groups is 1. The molecule has 0 saturated carbocycles. The maximum absolute atomic E-state index is 13.7. The first-order chi connectivity index (χ1) is 21.6. The molecule has 0 aliphatic heterocycles. The van der Waals surface area contributed by atoms with Gasteiger partial charge in [0.15, 0.2) is 5.43 Å². The van der Waals surface area contributed by atoms with Crippen LogP contribution < -0.4 is 15.5 Å². The predicted molar refractivity (Wildman–Crippen MR) is 167 cm³/mol. The van der Waals surface area contributed by atoms with Crippen molar-refractivity contribution in [3.05, 3.63) is 81.5 Å². The summed E-state index contributed by atoms with van der Waals surface area (Å²) < 4.78 is 45.2. The highest BCUT2D eigenvalue weighted by Gasteiger charge is 2.39. The molecule has 0 fully saturated rings. The molecular formula is C29H31ClNO12PS. The second-order valence-electron chi connectivity index (χ2n) is 9.64. The minimum absolute atomic E-state index is 0.0821. The lowest BCUT2D eigenvalue weighted by Gasteiger charge is -2.33. The zero-order valence-corrected chi connectivity index (χ0v) is 26.9. The molecule has 1 heterocycles. The fourth-order valence-electron chi connectivity index (χ4n) is 4.43. The Kier molecular flexibility index (Phi) is 12.3. The van der Waals surface area contributed by atoms with Gasteiger partial charge in [-0.15, -0.1) is 20.7 Å². The van der Waals surface area contributed by atoms with Crippen molar-refractivity contribution >= 4 is 57.0 Å². The Morgan fingerprint density at radius 2 is 1.58 bits per heavy atom. The highest BCUT2D eigenvalue weighted by atomic mass is 35.5. The molecule has 45 heavy (non-hydrogen) atoms. The third kappa shape index (κ3) is 9.44. The lowest BCUT2D eigenvalue weighted by Crippen LogP contribution is -2.55. The van der Waals surface area contributed by atoms with Gasteiger partial charge >= 0.3 is 13.9 Å². The van der Waals surface area contributed by atoms with Gasteiger partial charge in [0, 0.05) is 32.3 Å². The maximum atomic E-state index is 13.7. The second-order valence-corrected chi connectivity index (χ2v) is 12.6. The average molecular weight is 684 g/mol. The van der Waals surface area contributed by atoms with Gasteiger partial charge in [0.2, 0.25) is 0 Å². The molecule has 0 aliphatic rings. The van der Waals surface area contributed by atoms with Crippen LogP contribution in [-0.2, 0) is 44.1 Å². The van der Waals surface area contributed by atoms with E-state index in [9.17, 15) is 19.3 Å². The summed E-state index contributed by atoms with van der Waals surface area (Å²) in [7, 11) is -0.831. The van der Waals surface area contributed by atoms with E-state index in [0.717, 1.165) is 29.2 Å². The number of hydrogen-bond donors (Lipinski definition) is 2. The van der Waals surface area contributed by atoms with Crippen LogP contribution in [0.1, 0.15) is 12.0 Å². The first-order valence-electron chi connectivity index (χ1n) is 13.3. The van der Waals surface area contributed by atoms with E-state index in [0.29, 0.717) is 27.3 Å². The van der Waals surface area contributed by atoms with Gasteiger partial charge in [0.1, 0.15) is 18.3 Å². The van der Waals surface area contributed by atoms with Crippen LogP contribution in [0.2, 0.25) is 5.02 Å². The molecule has 0 radical (unpaired) electrons. The molecule has 1 amide bonds. The Balaban J connectivity index is 1.62. The summed E-state index contributed by atoms with van der Waals surface area (Å²) in [4.78, 5) is 34.4. The van der Waals surface area contributed by atoms with Crippen LogP contribution >= 0.6 is 30.8 Å². The molecule has 0 aliphatic carbocycles. The summed E-state index contributed by atoms with van der Waals surface area (Å²) in [5.41, 5.74) is -0.922. The fourth-order valence-corrected chi connectivity index (χ4v) is 6.47. The minimum Gasteiger partial charge on any atom is -0.465 e. The molecule has 1 unspecified atom stereocenters. The molecular weight excluding hydrogens is 653 g/mol. The summed E-state index contributed by atoms with van der Waals surface area (Å²) in [6.07, 6.45) is -1.04. The number of methoxy groups -OCH3 is 1. The maximum Gasteiger partial charge on any atom is 0.529 e. The van der Waals surface area contributed by atoms with E-state index in [-0.39, 0.29) is 31.7 Å². The molecule has 1 atom stereocenters. The van der Waals surface area contributed by atoms with Crippen LogP contribution in [0.15, 0.2) is 65.5 Å². The van der Waals surface area contributed by atoms with Gasteiger partial charge in [-0.25, -0.2) is 19.1 Å². The molecule has 13 nitrogen and oxygen atoms in total. The number of amides is 1. The first-order valence-corrected chi connectivity index (χ1v) is 15.9. The number of hydrogen-bond acceptors (Lipinski definition) is 12. The fraction of sp³-hybridized carbons (Fsp3) is 0.310. The lowest BCUT2D eigenvalue weighted by atomic mass is 9.92. The number of fused-ring (bicyclic) bond motifs is 2. The van der Waals surface area contributed by atoms with E-state index >= 15 is 0 Å². The van der Waals surface area contributed by atoms with Gasteiger partial charge in [0.05, 0.1) is 33.0 Å². The van der Waals surface area contributed by atoms with Crippen molar-refractivity contribution in [2.45, 2.75) is 18.4 Å². The Bertz CT molecular complexity index is 1710. The van der Waals surface area contributed by atoms with E-state index in [1.54, 1.807) is 42.5 Å². The van der Waals surface area contributed by atoms with Crippen LogP contribution in [0.3, 0.4) is 0 Å². The van der Waals surface area contributed by atoms with Crippen molar-refractivity contribution in [3.8, 4) is 11.5 Å². The first kappa shape index (κ1) is 34.7. The zero-order chi connectivity index (χ0) is 32.5. The van der Waals surface area contributed by atoms with Crippen molar-refractivity contribution in [2.75, 3.05) is 41.3 Å². The highest BCUT2D eigenvalue weighted by molar-refractivity contribution is 7.48. The zero-order valence-electron chi connectivity index (χ0n) is 24.5.